The molecule has 0 spiro atoms. The average Bonchev–Trinajstić information content (AvgIpc) is 3.20. The second kappa shape index (κ2) is 8.84. The Kier molecular flexibility index (Phi) is 6.01. The number of pyridine rings is 2. The molecule has 4 N–H and O–H groups in total. The van der Waals surface area contributed by atoms with Gasteiger partial charge in [0, 0.05) is 16.5 Å². The van der Waals surface area contributed by atoms with Gasteiger partial charge in [-0.1, -0.05) is 25.1 Å². The van der Waals surface area contributed by atoms with Crippen molar-refractivity contribution in [3.8, 4) is 11.4 Å². The summed E-state index contributed by atoms with van der Waals surface area (Å²) in [5, 5.41) is 41.0. The third kappa shape index (κ3) is 3.65. The van der Waals surface area contributed by atoms with E-state index >= 15 is 0 Å². The highest BCUT2D eigenvalue weighted by atomic mass is 16.7. The molecule has 2 aromatic heterocycles. The summed E-state index contributed by atoms with van der Waals surface area (Å²) < 4.78 is 13.2. The van der Waals surface area contributed by atoms with Gasteiger partial charge in [-0.25, -0.2) is 4.98 Å². The Hall–Kier alpha value is -2.66. The van der Waals surface area contributed by atoms with Crippen LogP contribution in [-0.4, -0.2) is 67.3 Å². The lowest BCUT2D eigenvalue weighted by Gasteiger charge is -2.41. The molecular formula is C25H28N2O7. The van der Waals surface area contributed by atoms with Gasteiger partial charge in [0.2, 0.25) is 0 Å². The zero-order valence-corrected chi connectivity index (χ0v) is 19.0. The molecule has 5 unspecified atom stereocenters. The fourth-order valence-electron chi connectivity index (χ4n) is 4.86. The second-order valence-corrected chi connectivity index (χ2v) is 8.92. The third-order valence-electron chi connectivity index (χ3n) is 6.82. The highest BCUT2D eigenvalue weighted by Crippen LogP contribution is 2.36. The van der Waals surface area contributed by atoms with Gasteiger partial charge < -0.3 is 34.5 Å². The van der Waals surface area contributed by atoms with Gasteiger partial charge in [0.1, 0.15) is 24.4 Å². The van der Waals surface area contributed by atoms with E-state index in [4.69, 9.17) is 14.5 Å². The first-order valence-corrected chi connectivity index (χ1v) is 11.4. The molecule has 0 saturated carbocycles. The SMILES string of the molecule is CC[C@H](OC1OC(CO)C(O)C(O)C1O)c1cc2n(c(=O)c1C)Cc1cc3ccccc3nc1-2. The highest BCUT2D eigenvalue weighted by Gasteiger charge is 2.45. The van der Waals surface area contributed by atoms with E-state index in [0.717, 1.165) is 22.2 Å². The van der Waals surface area contributed by atoms with Gasteiger partial charge in [-0.15, -0.1) is 0 Å². The molecule has 2 aliphatic heterocycles. The van der Waals surface area contributed by atoms with Crippen molar-refractivity contribution in [2.24, 2.45) is 0 Å². The summed E-state index contributed by atoms with van der Waals surface area (Å²) in [6.45, 7) is 3.50. The molecule has 6 atom stereocenters. The molecule has 3 aromatic rings. The van der Waals surface area contributed by atoms with Gasteiger partial charge in [0.15, 0.2) is 6.29 Å². The predicted molar refractivity (Wildman–Crippen MR) is 123 cm³/mol. The first kappa shape index (κ1) is 23.1. The topological polar surface area (TPSA) is 134 Å². The molecule has 1 aromatic carbocycles. The van der Waals surface area contributed by atoms with Crippen molar-refractivity contribution in [1.82, 2.24) is 9.55 Å². The molecule has 34 heavy (non-hydrogen) atoms. The van der Waals surface area contributed by atoms with Gasteiger partial charge >= 0.3 is 0 Å². The maximum atomic E-state index is 13.3. The third-order valence-corrected chi connectivity index (χ3v) is 6.82. The summed E-state index contributed by atoms with van der Waals surface area (Å²) in [7, 11) is 0. The summed E-state index contributed by atoms with van der Waals surface area (Å²) in [6.07, 6.45) is -7.06. The molecule has 0 radical (unpaired) electrons. The van der Waals surface area contributed by atoms with Crippen LogP contribution in [0.15, 0.2) is 41.2 Å². The van der Waals surface area contributed by atoms with Crippen LogP contribution in [0.25, 0.3) is 22.3 Å². The van der Waals surface area contributed by atoms with Crippen LogP contribution < -0.4 is 5.56 Å². The van der Waals surface area contributed by atoms with Crippen molar-refractivity contribution in [3.05, 3.63) is 63.4 Å². The monoisotopic (exact) mass is 468 g/mol. The number of aliphatic hydroxyl groups is 4. The van der Waals surface area contributed by atoms with Crippen LogP contribution in [0, 0.1) is 6.92 Å². The molecule has 0 aliphatic carbocycles. The van der Waals surface area contributed by atoms with E-state index in [2.05, 4.69) is 6.07 Å². The standard InChI is InChI=1S/C25H28N2O7/c1-3-18(33-25-23(31)22(30)21(29)19(11-28)34-25)15-9-17-20-14(10-27(17)24(32)12(15)2)8-13-6-4-5-7-16(13)26-20/h4-9,18-19,21-23,25,28-31H,3,10-11H2,1-2H3/t18-,19?,21?,22?,23?,25?/m0/s1. The molecule has 1 saturated heterocycles. The van der Waals surface area contributed by atoms with E-state index in [-0.39, 0.29) is 5.56 Å². The van der Waals surface area contributed by atoms with Crippen LogP contribution in [0.2, 0.25) is 0 Å². The van der Waals surface area contributed by atoms with Gasteiger partial charge in [-0.3, -0.25) is 4.79 Å². The Balaban J connectivity index is 1.53. The Labute approximate surface area is 195 Å². The number of rotatable bonds is 5. The molecule has 4 heterocycles. The van der Waals surface area contributed by atoms with E-state index in [1.54, 1.807) is 11.5 Å². The fraction of sp³-hybridized carbons (Fsp3) is 0.440. The van der Waals surface area contributed by atoms with Crippen molar-refractivity contribution < 1.29 is 29.9 Å². The van der Waals surface area contributed by atoms with E-state index in [1.807, 2.05) is 37.3 Å². The summed E-state index contributed by atoms with van der Waals surface area (Å²) in [5.41, 5.74) is 4.26. The summed E-state index contributed by atoms with van der Waals surface area (Å²) in [4.78, 5) is 18.1. The zero-order valence-electron chi connectivity index (χ0n) is 19.0. The Morgan fingerprint density at radius 3 is 2.68 bits per heavy atom. The second-order valence-electron chi connectivity index (χ2n) is 8.92. The lowest BCUT2D eigenvalue weighted by molar-refractivity contribution is -0.312. The maximum Gasteiger partial charge on any atom is 0.254 e. The fourth-order valence-corrected chi connectivity index (χ4v) is 4.86. The molecule has 180 valence electrons. The molecule has 9 nitrogen and oxygen atoms in total. The van der Waals surface area contributed by atoms with Crippen LogP contribution in [0.1, 0.15) is 36.1 Å². The van der Waals surface area contributed by atoms with Crippen LogP contribution in [0.3, 0.4) is 0 Å². The average molecular weight is 469 g/mol. The number of hydrogen-bond acceptors (Lipinski definition) is 8. The van der Waals surface area contributed by atoms with Crippen molar-refractivity contribution in [1.29, 1.82) is 0 Å². The van der Waals surface area contributed by atoms with E-state index in [9.17, 15) is 25.2 Å². The molecular weight excluding hydrogens is 440 g/mol. The van der Waals surface area contributed by atoms with Crippen LogP contribution >= 0.6 is 0 Å². The summed E-state index contributed by atoms with van der Waals surface area (Å²) in [6, 6.07) is 11.7. The van der Waals surface area contributed by atoms with Crippen molar-refractivity contribution >= 4 is 10.9 Å². The van der Waals surface area contributed by atoms with Gasteiger partial charge in [0.05, 0.1) is 36.2 Å². The number of aliphatic hydroxyl groups excluding tert-OH is 4. The smallest absolute Gasteiger partial charge is 0.254 e. The van der Waals surface area contributed by atoms with Crippen molar-refractivity contribution in [2.75, 3.05) is 6.61 Å². The molecule has 0 amide bonds. The molecule has 0 bridgehead atoms. The largest absolute Gasteiger partial charge is 0.394 e. The van der Waals surface area contributed by atoms with Crippen molar-refractivity contribution in [3.63, 3.8) is 0 Å². The van der Waals surface area contributed by atoms with Crippen LogP contribution in [-0.2, 0) is 16.0 Å². The predicted octanol–water partition coefficient (Wildman–Crippen LogP) is 1.00. The number of benzene rings is 1. The molecule has 5 rings (SSSR count). The minimum atomic E-state index is -1.54. The maximum absolute atomic E-state index is 13.3. The Morgan fingerprint density at radius 2 is 1.94 bits per heavy atom. The summed E-state index contributed by atoms with van der Waals surface area (Å²) >= 11 is 0. The van der Waals surface area contributed by atoms with Crippen molar-refractivity contribution in [2.45, 2.75) is 63.6 Å². The van der Waals surface area contributed by atoms with E-state index in [0.29, 0.717) is 29.8 Å². The first-order chi connectivity index (χ1) is 16.3. The first-order valence-electron chi connectivity index (χ1n) is 11.4. The van der Waals surface area contributed by atoms with Crippen LogP contribution in [0.5, 0.6) is 0 Å². The van der Waals surface area contributed by atoms with Crippen LogP contribution in [0.4, 0.5) is 0 Å². The number of fused-ring (bicyclic) bond motifs is 4. The molecule has 9 heteroatoms. The number of para-hydroxylation sites is 1. The highest BCUT2D eigenvalue weighted by molar-refractivity contribution is 5.83. The molecule has 1 fully saturated rings. The Morgan fingerprint density at radius 1 is 1.18 bits per heavy atom. The number of ether oxygens (including phenoxy) is 2. The van der Waals surface area contributed by atoms with Gasteiger partial charge in [-0.05, 0) is 37.1 Å². The summed E-state index contributed by atoms with van der Waals surface area (Å²) in [5.74, 6) is 0. The van der Waals surface area contributed by atoms with E-state index < -0.39 is 43.4 Å². The minimum absolute atomic E-state index is 0.148. The normalized spacial score (nSPS) is 26.9. The number of nitrogens with zero attached hydrogens (tertiary/aromatic N) is 2. The number of aromatic nitrogens is 2. The molecule has 2 aliphatic rings. The lowest BCUT2D eigenvalue weighted by Crippen LogP contribution is -2.59. The minimum Gasteiger partial charge on any atom is -0.394 e. The van der Waals surface area contributed by atoms with Gasteiger partial charge in [0.25, 0.3) is 5.56 Å². The Bertz CT molecular complexity index is 1290. The zero-order chi connectivity index (χ0) is 24.1. The lowest BCUT2D eigenvalue weighted by atomic mass is 9.98. The van der Waals surface area contributed by atoms with E-state index in [1.165, 1.54) is 0 Å². The quantitative estimate of drug-likeness (QED) is 0.341. The number of hydrogen-bond donors (Lipinski definition) is 4. The van der Waals surface area contributed by atoms with Gasteiger partial charge in [-0.2, -0.15) is 0 Å².